The van der Waals surface area contributed by atoms with E-state index in [4.69, 9.17) is 4.74 Å². The van der Waals surface area contributed by atoms with Gasteiger partial charge in [0.15, 0.2) is 0 Å². The van der Waals surface area contributed by atoms with E-state index in [-0.39, 0.29) is 12.8 Å². The van der Waals surface area contributed by atoms with Crippen LogP contribution in [0.25, 0.3) is 0 Å². The van der Waals surface area contributed by atoms with E-state index in [1.165, 1.54) is 29.2 Å². The van der Waals surface area contributed by atoms with Crippen molar-refractivity contribution in [1.82, 2.24) is 4.90 Å². The Morgan fingerprint density at radius 3 is 2.36 bits per heavy atom. The molecular formula is C19H24FNO4. The molecular weight excluding hydrogens is 325 g/mol. The van der Waals surface area contributed by atoms with Gasteiger partial charge in [-0.2, -0.15) is 0 Å². The maximum absolute atomic E-state index is 12.9. The molecule has 1 aliphatic heterocycles. The molecule has 6 heteroatoms. The number of rotatable bonds is 1. The maximum Gasteiger partial charge on any atom is 0.410 e. The highest BCUT2D eigenvalue weighted by Gasteiger charge is 2.34. The fourth-order valence-electron chi connectivity index (χ4n) is 2.44. The van der Waals surface area contributed by atoms with Crippen LogP contribution in [-0.2, 0) is 4.74 Å². The summed E-state index contributed by atoms with van der Waals surface area (Å²) in [6.07, 6.45) is -0.965. The van der Waals surface area contributed by atoms with Crippen molar-refractivity contribution in [3.05, 3.63) is 35.6 Å². The third-order valence-electron chi connectivity index (χ3n) is 3.87. The quantitative estimate of drug-likeness (QED) is 0.765. The monoisotopic (exact) mass is 349 g/mol. The summed E-state index contributed by atoms with van der Waals surface area (Å²) in [6.45, 7) is 6.05. The van der Waals surface area contributed by atoms with Crippen molar-refractivity contribution >= 4 is 6.09 Å². The van der Waals surface area contributed by atoms with Gasteiger partial charge < -0.3 is 19.8 Å². The molecule has 1 aromatic carbocycles. The molecule has 0 aliphatic carbocycles. The van der Waals surface area contributed by atoms with Gasteiger partial charge in [0.2, 0.25) is 0 Å². The molecule has 1 saturated heterocycles. The highest BCUT2D eigenvalue weighted by molar-refractivity contribution is 5.68. The second kappa shape index (κ2) is 7.42. The Kier molecular flexibility index (Phi) is 5.71. The van der Waals surface area contributed by atoms with Gasteiger partial charge in [-0.15, -0.1) is 0 Å². The Balaban J connectivity index is 1.94. The van der Waals surface area contributed by atoms with Crippen molar-refractivity contribution in [2.24, 2.45) is 0 Å². The number of carbonyl (C=O) groups is 1. The molecule has 1 aliphatic rings. The lowest BCUT2D eigenvalue weighted by Crippen LogP contribution is -2.47. The average Bonchev–Trinajstić information content (AvgIpc) is 2.52. The number of ether oxygens (including phenoxy) is 1. The van der Waals surface area contributed by atoms with Gasteiger partial charge in [-0.25, -0.2) is 9.18 Å². The second-order valence-corrected chi connectivity index (χ2v) is 7.22. The van der Waals surface area contributed by atoms with Gasteiger partial charge in [0.25, 0.3) is 0 Å². The average molecular weight is 349 g/mol. The van der Waals surface area contributed by atoms with Crippen LogP contribution in [0.15, 0.2) is 24.3 Å². The number of halogens is 1. The summed E-state index contributed by atoms with van der Waals surface area (Å²) < 4.78 is 18.2. The lowest BCUT2D eigenvalue weighted by Gasteiger charge is -2.35. The molecule has 1 unspecified atom stereocenters. The molecule has 0 spiro atoms. The van der Waals surface area contributed by atoms with Crippen LogP contribution in [0.2, 0.25) is 0 Å². The highest BCUT2D eigenvalue weighted by Crippen LogP contribution is 2.23. The summed E-state index contributed by atoms with van der Waals surface area (Å²) in [4.78, 5) is 13.6. The number of nitrogens with zero attached hydrogens (tertiary/aromatic N) is 1. The van der Waals surface area contributed by atoms with Crippen molar-refractivity contribution in [2.75, 3.05) is 13.1 Å². The molecule has 25 heavy (non-hydrogen) atoms. The first-order valence-corrected chi connectivity index (χ1v) is 8.25. The fourth-order valence-corrected chi connectivity index (χ4v) is 2.44. The van der Waals surface area contributed by atoms with Gasteiger partial charge in [-0.1, -0.05) is 24.0 Å². The fraction of sp³-hybridized carbons (Fsp3) is 0.526. The van der Waals surface area contributed by atoms with E-state index in [1.807, 2.05) is 0 Å². The molecule has 0 saturated carbocycles. The summed E-state index contributed by atoms with van der Waals surface area (Å²) in [5, 5.41) is 20.6. The first-order chi connectivity index (χ1) is 11.6. The Morgan fingerprint density at radius 1 is 1.28 bits per heavy atom. The number of carbonyl (C=O) groups excluding carboxylic acids is 1. The maximum atomic E-state index is 12.9. The van der Waals surface area contributed by atoms with E-state index in [0.29, 0.717) is 18.7 Å². The second-order valence-electron chi connectivity index (χ2n) is 7.22. The zero-order valence-electron chi connectivity index (χ0n) is 14.8. The van der Waals surface area contributed by atoms with Crippen molar-refractivity contribution < 1.29 is 24.1 Å². The lowest BCUT2D eigenvalue weighted by molar-refractivity contribution is -0.00529. The third kappa shape index (κ3) is 5.73. The van der Waals surface area contributed by atoms with E-state index in [9.17, 15) is 19.4 Å². The van der Waals surface area contributed by atoms with E-state index in [2.05, 4.69) is 11.8 Å². The molecule has 0 radical (unpaired) electrons. The minimum Gasteiger partial charge on any atom is -0.444 e. The van der Waals surface area contributed by atoms with Crippen LogP contribution in [0, 0.1) is 17.7 Å². The van der Waals surface area contributed by atoms with Gasteiger partial charge in [-0.3, -0.25) is 0 Å². The molecule has 1 atom stereocenters. The van der Waals surface area contributed by atoms with Gasteiger partial charge in [0.05, 0.1) is 0 Å². The number of benzene rings is 1. The van der Waals surface area contributed by atoms with Gasteiger partial charge in [0, 0.05) is 25.9 Å². The first kappa shape index (κ1) is 19.2. The van der Waals surface area contributed by atoms with Gasteiger partial charge in [0.1, 0.15) is 23.1 Å². The lowest BCUT2D eigenvalue weighted by atomic mass is 9.92. The zero-order chi connectivity index (χ0) is 18.7. The van der Waals surface area contributed by atoms with Crippen molar-refractivity contribution in [2.45, 2.75) is 50.9 Å². The number of hydrogen-bond acceptors (Lipinski definition) is 4. The minimum atomic E-state index is -1.26. The third-order valence-corrected chi connectivity index (χ3v) is 3.87. The molecule has 0 aromatic heterocycles. The summed E-state index contributed by atoms with van der Waals surface area (Å²) in [7, 11) is 0. The van der Waals surface area contributed by atoms with Crippen LogP contribution >= 0.6 is 0 Å². The SMILES string of the molecule is CC(C)(C)OC(=O)N1CCC(O)(C#CC(O)c2ccc(F)cc2)CC1. The molecule has 0 bridgehead atoms. The van der Waals surface area contributed by atoms with E-state index >= 15 is 0 Å². The smallest absolute Gasteiger partial charge is 0.410 e. The Bertz CT molecular complexity index is 661. The predicted octanol–water partition coefficient (Wildman–Crippen LogP) is 2.62. The molecule has 1 aromatic rings. The van der Waals surface area contributed by atoms with Crippen molar-refractivity contribution in [1.29, 1.82) is 0 Å². The molecule has 2 N–H and O–H groups in total. The van der Waals surface area contributed by atoms with E-state index in [0.717, 1.165) is 0 Å². The largest absolute Gasteiger partial charge is 0.444 e. The standard InChI is InChI=1S/C19H24FNO4/c1-18(2,3)25-17(23)21-12-10-19(24,11-13-21)9-8-16(22)14-4-6-15(20)7-5-14/h4-7,16,22,24H,10-13H2,1-3H3. The van der Waals surface area contributed by atoms with Crippen LogP contribution in [0.4, 0.5) is 9.18 Å². The number of amides is 1. The number of aliphatic hydroxyl groups excluding tert-OH is 1. The molecule has 1 heterocycles. The molecule has 136 valence electrons. The highest BCUT2D eigenvalue weighted by atomic mass is 19.1. The van der Waals surface area contributed by atoms with E-state index < -0.39 is 29.2 Å². The van der Waals surface area contributed by atoms with Gasteiger partial charge in [-0.05, 0) is 38.5 Å². The summed E-state index contributed by atoms with van der Waals surface area (Å²) in [6, 6.07) is 5.39. The minimum absolute atomic E-state index is 0.273. The van der Waals surface area contributed by atoms with Crippen molar-refractivity contribution in [3.8, 4) is 11.8 Å². The Labute approximate surface area is 147 Å². The number of piperidine rings is 1. The van der Waals surface area contributed by atoms with Crippen LogP contribution < -0.4 is 0 Å². The summed E-state index contributed by atoms with van der Waals surface area (Å²) >= 11 is 0. The van der Waals surface area contributed by atoms with Crippen LogP contribution in [0.1, 0.15) is 45.3 Å². The number of aliphatic hydroxyl groups is 2. The van der Waals surface area contributed by atoms with Crippen LogP contribution in [-0.4, -0.2) is 45.5 Å². The van der Waals surface area contributed by atoms with Gasteiger partial charge >= 0.3 is 6.09 Å². The molecule has 1 fully saturated rings. The predicted molar refractivity (Wildman–Crippen MR) is 91.1 cm³/mol. The zero-order valence-corrected chi connectivity index (χ0v) is 14.8. The number of likely N-dealkylation sites (tertiary alicyclic amines) is 1. The van der Waals surface area contributed by atoms with E-state index in [1.54, 1.807) is 20.8 Å². The Morgan fingerprint density at radius 2 is 1.84 bits per heavy atom. The molecule has 2 rings (SSSR count). The number of hydrogen-bond donors (Lipinski definition) is 2. The van der Waals surface area contributed by atoms with Crippen LogP contribution in [0.3, 0.4) is 0 Å². The normalized spacial score (nSPS) is 18.1. The first-order valence-electron chi connectivity index (χ1n) is 8.25. The van der Waals surface area contributed by atoms with Crippen LogP contribution in [0.5, 0.6) is 0 Å². The topological polar surface area (TPSA) is 70.0 Å². The molecule has 5 nitrogen and oxygen atoms in total. The summed E-state index contributed by atoms with van der Waals surface area (Å²) in [5.74, 6) is 4.92. The molecule has 1 amide bonds. The summed E-state index contributed by atoms with van der Waals surface area (Å²) in [5.41, 5.74) is -1.37. The Hall–Kier alpha value is -2.10. The van der Waals surface area contributed by atoms with Crippen molar-refractivity contribution in [3.63, 3.8) is 0 Å².